The Morgan fingerprint density at radius 3 is 2.81 bits per heavy atom. The van der Waals surface area contributed by atoms with E-state index in [1.807, 2.05) is 23.6 Å². The van der Waals surface area contributed by atoms with Crippen LogP contribution in [0.25, 0.3) is 10.6 Å². The summed E-state index contributed by atoms with van der Waals surface area (Å²) < 4.78 is 12.3. The summed E-state index contributed by atoms with van der Waals surface area (Å²) >= 11 is 3.09. The summed E-state index contributed by atoms with van der Waals surface area (Å²) in [7, 11) is 3.24. The van der Waals surface area contributed by atoms with E-state index in [1.54, 1.807) is 30.1 Å². The number of methoxy groups -OCH3 is 2. The van der Waals surface area contributed by atoms with Gasteiger partial charge in [-0.1, -0.05) is 25.1 Å². The zero-order valence-electron chi connectivity index (χ0n) is 15.5. The molecule has 7 nitrogen and oxygen atoms in total. The monoisotopic (exact) mass is 406 g/mol. The summed E-state index contributed by atoms with van der Waals surface area (Å²) in [4.78, 5) is 16.6. The molecule has 27 heavy (non-hydrogen) atoms. The molecule has 0 aliphatic rings. The van der Waals surface area contributed by atoms with Crippen molar-refractivity contribution in [3.63, 3.8) is 0 Å². The summed E-state index contributed by atoms with van der Waals surface area (Å²) in [5.74, 6) is 2.02. The van der Waals surface area contributed by atoms with Crippen molar-refractivity contribution in [1.82, 2.24) is 19.7 Å². The number of nitrogens with one attached hydrogen (secondary N) is 1. The van der Waals surface area contributed by atoms with E-state index in [1.165, 1.54) is 11.8 Å². The van der Waals surface area contributed by atoms with Crippen LogP contribution < -0.4 is 15.2 Å². The number of aromatic nitrogens is 4. The average molecular weight is 407 g/mol. The van der Waals surface area contributed by atoms with Gasteiger partial charge in [-0.25, -0.2) is 14.9 Å². The van der Waals surface area contributed by atoms with Crippen LogP contribution in [0.5, 0.6) is 11.5 Å². The third kappa shape index (κ3) is 4.54. The Bertz CT molecular complexity index is 948. The highest BCUT2D eigenvalue weighted by molar-refractivity contribution is 7.98. The van der Waals surface area contributed by atoms with Crippen molar-refractivity contribution in [1.29, 1.82) is 0 Å². The maximum absolute atomic E-state index is 11.9. The van der Waals surface area contributed by atoms with Gasteiger partial charge in [0, 0.05) is 23.2 Å². The number of rotatable bonds is 9. The molecule has 0 aliphatic heterocycles. The van der Waals surface area contributed by atoms with Crippen LogP contribution in [0, 0.1) is 0 Å². The van der Waals surface area contributed by atoms with Gasteiger partial charge in [-0.3, -0.25) is 4.57 Å². The number of nitrogens with zero attached hydrogens (tertiary/aromatic N) is 3. The van der Waals surface area contributed by atoms with E-state index < -0.39 is 0 Å². The third-order valence-corrected chi connectivity index (χ3v) is 5.94. The number of thioether (sulfide) groups is 1. The van der Waals surface area contributed by atoms with Gasteiger partial charge in [-0.2, -0.15) is 0 Å². The highest BCUT2D eigenvalue weighted by Gasteiger charge is 2.12. The summed E-state index contributed by atoms with van der Waals surface area (Å²) in [5.41, 5.74) is 1.77. The molecule has 0 aliphatic carbocycles. The van der Waals surface area contributed by atoms with Crippen molar-refractivity contribution in [2.75, 3.05) is 14.2 Å². The van der Waals surface area contributed by atoms with Crippen LogP contribution in [0.15, 0.2) is 33.5 Å². The summed E-state index contributed by atoms with van der Waals surface area (Å²) in [6, 6.07) is 5.76. The predicted octanol–water partition coefficient (Wildman–Crippen LogP) is 3.80. The maximum Gasteiger partial charge on any atom is 0.343 e. The van der Waals surface area contributed by atoms with E-state index in [0.717, 1.165) is 29.1 Å². The molecule has 1 N–H and O–H groups in total. The number of aromatic amines is 1. The molecule has 2 aromatic heterocycles. The van der Waals surface area contributed by atoms with E-state index in [0.29, 0.717) is 29.0 Å². The van der Waals surface area contributed by atoms with Crippen molar-refractivity contribution >= 4 is 23.1 Å². The molecule has 0 saturated carbocycles. The molecule has 9 heteroatoms. The Labute approximate surface area is 165 Å². The van der Waals surface area contributed by atoms with Gasteiger partial charge in [0.05, 0.1) is 19.9 Å². The Morgan fingerprint density at radius 2 is 2.07 bits per heavy atom. The van der Waals surface area contributed by atoms with E-state index >= 15 is 0 Å². The standard InChI is InChI=1S/C18H22N4O3S2/c1-4-5-8-22-17(23)20-21-18(22)27-11-13-10-26-16(19-13)12-6-7-14(24-2)15(9-12)25-3/h6-7,9-10H,4-5,8,11H2,1-3H3,(H,20,23). The minimum absolute atomic E-state index is 0.157. The van der Waals surface area contributed by atoms with Crippen molar-refractivity contribution in [2.24, 2.45) is 0 Å². The fourth-order valence-electron chi connectivity index (χ4n) is 2.54. The molecule has 0 atom stereocenters. The van der Waals surface area contributed by atoms with Gasteiger partial charge >= 0.3 is 5.69 Å². The molecule has 3 rings (SSSR count). The SMILES string of the molecule is CCCCn1c(SCc2csc(-c3ccc(OC)c(OC)c3)n2)n[nH]c1=O. The minimum Gasteiger partial charge on any atom is -0.493 e. The van der Waals surface area contributed by atoms with Gasteiger partial charge in [-0.05, 0) is 24.6 Å². The first-order valence-corrected chi connectivity index (χ1v) is 10.5. The quantitative estimate of drug-likeness (QED) is 0.544. The van der Waals surface area contributed by atoms with Crippen LogP contribution in [0.1, 0.15) is 25.5 Å². The molecule has 0 spiro atoms. The minimum atomic E-state index is -0.157. The average Bonchev–Trinajstić information content (AvgIpc) is 3.31. The molecule has 0 saturated heterocycles. The van der Waals surface area contributed by atoms with Crippen LogP contribution in [-0.4, -0.2) is 34.0 Å². The van der Waals surface area contributed by atoms with Crippen LogP contribution in [0.2, 0.25) is 0 Å². The lowest BCUT2D eigenvalue weighted by molar-refractivity contribution is 0.355. The van der Waals surface area contributed by atoms with Crippen molar-refractivity contribution in [3.05, 3.63) is 39.8 Å². The highest BCUT2D eigenvalue weighted by atomic mass is 32.2. The number of ether oxygens (including phenoxy) is 2. The van der Waals surface area contributed by atoms with E-state index in [9.17, 15) is 4.79 Å². The maximum atomic E-state index is 11.9. The highest BCUT2D eigenvalue weighted by Crippen LogP contribution is 2.34. The van der Waals surface area contributed by atoms with Gasteiger partial charge in [-0.15, -0.1) is 16.4 Å². The molecular formula is C18H22N4O3S2. The Morgan fingerprint density at radius 1 is 1.26 bits per heavy atom. The molecule has 0 radical (unpaired) electrons. The molecule has 0 amide bonds. The van der Waals surface area contributed by atoms with Crippen LogP contribution >= 0.6 is 23.1 Å². The molecule has 3 aromatic rings. The summed E-state index contributed by atoms with van der Waals surface area (Å²) in [6.07, 6.45) is 1.98. The lowest BCUT2D eigenvalue weighted by atomic mass is 10.2. The van der Waals surface area contributed by atoms with Crippen molar-refractivity contribution < 1.29 is 9.47 Å². The van der Waals surface area contributed by atoms with Crippen molar-refractivity contribution in [2.45, 2.75) is 37.2 Å². The van der Waals surface area contributed by atoms with E-state index in [-0.39, 0.29) is 5.69 Å². The Hall–Kier alpha value is -2.26. The zero-order valence-corrected chi connectivity index (χ0v) is 17.2. The molecule has 2 heterocycles. The Kier molecular flexibility index (Phi) is 6.57. The molecule has 144 valence electrons. The van der Waals surface area contributed by atoms with Gasteiger partial charge in [0.1, 0.15) is 5.01 Å². The second-order valence-corrected chi connectivity index (χ2v) is 7.62. The molecule has 0 unspecified atom stereocenters. The molecule has 0 fully saturated rings. The number of benzene rings is 1. The van der Waals surface area contributed by atoms with Crippen LogP contribution in [0.3, 0.4) is 0 Å². The largest absolute Gasteiger partial charge is 0.493 e. The first kappa shape index (κ1) is 19.5. The first-order chi connectivity index (χ1) is 13.2. The smallest absolute Gasteiger partial charge is 0.343 e. The first-order valence-electron chi connectivity index (χ1n) is 8.61. The van der Waals surface area contributed by atoms with E-state index in [2.05, 4.69) is 17.1 Å². The molecule has 0 bridgehead atoms. The van der Waals surface area contributed by atoms with Gasteiger partial charge in [0.15, 0.2) is 16.7 Å². The fraction of sp³-hybridized carbons (Fsp3) is 0.389. The second-order valence-electron chi connectivity index (χ2n) is 5.82. The van der Waals surface area contributed by atoms with Gasteiger partial charge in [0.2, 0.25) is 0 Å². The van der Waals surface area contributed by atoms with E-state index in [4.69, 9.17) is 14.5 Å². The number of hydrogen-bond donors (Lipinski definition) is 1. The zero-order chi connectivity index (χ0) is 19.2. The van der Waals surface area contributed by atoms with Crippen LogP contribution in [-0.2, 0) is 12.3 Å². The lowest BCUT2D eigenvalue weighted by Gasteiger charge is -2.08. The topological polar surface area (TPSA) is 82.0 Å². The number of thiazole rings is 1. The number of H-pyrrole nitrogens is 1. The van der Waals surface area contributed by atoms with Gasteiger partial charge < -0.3 is 9.47 Å². The molecule has 1 aromatic carbocycles. The third-order valence-electron chi connectivity index (χ3n) is 3.99. The number of hydrogen-bond acceptors (Lipinski definition) is 7. The lowest BCUT2D eigenvalue weighted by Crippen LogP contribution is -2.17. The summed E-state index contributed by atoms with van der Waals surface area (Å²) in [5, 5.41) is 10.3. The van der Waals surface area contributed by atoms with Crippen molar-refractivity contribution in [3.8, 4) is 22.1 Å². The predicted molar refractivity (Wildman–Crippen MR) is 108 cm³/mol. The Balaban J connectivity index is 1.71. The fourth-order valence-corrected chi connectivity index (χ4v) is 4.33. The second kappa shape index (κ2) is 9.09. The van der Waals surface area contributed by atoms with Gasteiger partial charge in [0.25, 0.3) is 0 Å². The molecular weight excluding hydrogens is 384 g/mol. The number of unbranched alkanes of at least 4 members (excludes halogenated alkanes) is 1. The van der Waals surface area contributed by atoms with Crippen LogP contribution in [0.4, 0.5) is 0 Å². The normalized spacial score (nSPS) is 10.9. The summed E-state index contributed by atoms with van der Waals surface area (Å²) in [6.45, 7) is 2.78.